The summed E-state index contributed by atoms with van der Waals surface area (Å²) < 4.78 is 5.10. The molecule has 1 aromatic heterocycles. The van der Waals surface area contributed by atoms with E-state index in [-0.39, 0.29) is 29.5 Å². The van der Waals surface area contributed by atoms with Crippen molar-refractivity contribution in [2.45, 2.75) is 45.7 Å². The molecule has 1 N–H and O–H groups in total. The lowest BCUT2D eigenvalue weighted by Crippen LogP contribution is -2.43. The van der Waals surface area contributed by atoms with Gasteiger partial charge in [-0.25, -0.2) is 4.79 Å². The van der Waals surface area contributed by atoms with Gasteiger partial charge >= 0.3 is 5.97 Å². The highest BCUT2D eigenvalue weighted by atomic mass is 16.4. The second-order valence-electron chi connectivity index (χ2n) is 5.40. The van der Waals surface area contributed by atoms with Crippen molar-refractivity contribution < 1.29 is 19.1 Å². The quantitative estimate of drug-likeness (QED) is 0.888. The van der Waals surface area contributed by atoms with Crippen LogP contribution in [0.2, 0.25) is 0 Å². The molecule has 1 amide bonds. The largest absolute Gasteiger partial charge is 0.475 e. The van der Waals surface area contributed by atoms with Crippen molar-refractivity contribution in [2.24, 2.45) is 5.92 Å². The van der Waals surface area contributed by atoms with Gasteiger partial charge in [0.15, 0.2) is 5.76 Å². The molecule has 1 aromatic rings. The van der Waals surface area contributed by atoms with Crippen LogP contribution in [0.25, 0.3) is 0 Å². The summed E-state index contributed by atoms with van der Waals surface area (Å²) in [5.41, 5.74) is 0. The molecule has 1 atom stereocenters. The van der Waals surface area contributed by atoms with Crippen molar-refractivity contribution in [3.05, 3.63) is 23.7 Å². The number of hydrogen-bond acceptors (Lipinski definition) is 3. The second kappa shape index (κ2) is 5.07. The summed E-state index contributed by atoms with van der Waals surface area (Å²) >= 11 is 0. The van der Waals surface area contributed by atoms with Crippen LogP contribution >= 0.6 is 0 Å². The monoisotopic (exact) mass is 265 g/mol. The van der Waals surface area contributed by atoms with Crippen molar-refractivity contribution in [3.8, 4) is 0 Å². The Labute approximate surface area is 112 Å². The minimum atomic E-state index is -1.16. The number of nitrogens with zero attached hydrogens (tertiary/aromatic N) is 1. The molecular weight excluding hydrogens is 246 g/mol. The van der Waals surface area contributed by atoms with Gasteiger partial charge in [-0.1, -0.05) is 13.8 Å². The maximum atomic E-state index is 12.4. The average Bonchev–Trinajstić information content (AvgIpc) is 3.04. The van der Waals surface area contributed by atoms with E-state index in [2.05, 4.69) is 13.8 Å². The van der Waals surface area contributed by atoms with E-state index in [0.29, 0.717) is 5.92 Å². The van der Waals surface area contributed by atoms with E-state index in [9.17, 15) is 9.59 Å². The molecule has 1 saturated carbocycles. The molecule has 1 aliphatic rings. The Balaban J connectivity index is 2.21. The van der Waals surface area contributed by atoms with Gasteiger partial charge in [-0.15, -0.1) is 0 Å². The summed E-state index contributed by atoms with van der Waals surface area (Å²) in [6.45, 7) is 6.15. The number of carbonyl (C=O) groups is 2. The smallest absolute Gasteiger partial charge is 0.371 e. The lowest BCUT2D eigenvalue weighted by atomic mass is 10.0. The van der Waals surface area contributed by atoms with Crippen molar-refractivity contribution in [2.75, 3.05) is 0 Å². The molecule has 0 radical (unpaired) electrons. The molecule has 0 saturated heterocycles. The highest BCUT2D eigenvalue weighted by Crippen LogP contribution is 2.32. The summed E-state index contributed by atoms with van der Waals surface area (Å²) in [6.07, 6.45) is 2.02. The second-order valence-corrected chi connectivity index (χ2v) is 5.40. The first-order valence-corrected chi connectivity index (χ1v) is 6.57. The molecule has 5 heteroatoms. The van der Waals surface area contributed by atoms with Crippen molar-refractivity contribution in [3.63, 3.8) is 0 Å². The van der Waals surface area contributed by atoms with Gasteiger partial charge in [-0.2, -0.15) is 0 Å². The minimum Gasteiger partial charge on any atom is -0.475 e. The Hall–Kier alpha value is -1.78. The summed E-state index contributed by atoms with van der Waals surface area (Å²) in [4.78, 5) is 25.1. The Kier molecular flexibility index (Phi) is 3.64. The molecule has 0 aromatic carbocycles. The van der Waals surface area contributed by atoms with Crippen LogP contribution in [-0.2, 0) is 0 Å². The summed E-state index contributed by atoms with van der Waals surface area (Å²) in [7, 11) is 0. The first-order valence-electron chi connectivity index (χ1n) is 6.57. The van der Waals surface area contributed by atoms with Crippen LogP contribution in [0.15, 0.2) is 16.5 Å². The van der Waals surface area contributed by atoms with E-state index in [1.54, 1.807) is 0 Å². The number of carbonyl (C=O) groups excluding carboxylic acids is 1. The molecule has 1 heterocycles. The van der Waals surface area contributed by atoms with E-state index in [1.165, 1.54) is 12.1 Å². The topological polar surface area (TPSA) is 70.8 Å². The number of amides is 1. The summed E-state index contributed by atoms with van der Waals surface area (Å²) in [6, 6.07) is 3.14. The Morgan fingerprint density at radius 3 is 2.26 bits per heavy atom. The first kappa shape index (κ1) is 13.6. The van der Waals surface area contributed by atoms with Crippen LogP contribution in [0.5, 0.6) is 0 Å². The predicted molar refractivity (Wildman–Crippen MR) is 69.2 cm³/mol. The number of carboxylic acids is 1. The Bertz CT molecular complexity index is 487. The fraction of sp³-hybridized carbons (Fsp3) is 0.571. The van der Waals surface area contributed by atoms with E-state index >= 15 is 0 Å². The van der Waals surface area contributed by atoms with Crippen LogP contribution < -0.4 is 0 Å². The van der Waals surface area contributed by atoms with Crippen LogP contribution in [0.3, 0.4) is 0 Å². The van der Waals surface area contributed by atoms with Gasteiger partial charge in [0.05, 0.1) is 0 Å². The van der Waals surface area contributed by atoms with E-state index in [0.717, 1.165) is 12.8 Å². The molecule has 0 aliphatic heterocycles. The standard InChI is InChI=1S/C14H19NO4/c1-8(2)9(3)15(10-4-5-10)13(16)11-6-7-12(19-11)14(17)18/h6-10H,4-5H2,1-3H3,(H,17,18). The first-order chi connectivity index (χ1) is 8.91. The van der Waals surface area contributed by atoms with Gasteiger partial charge in [0.25, 0.3) is 5.91 Å². The van der Waals surface area contributed by atoms with Crippen molar-refractivity contribution in [1.29, 1.82) is 0 Å². The van der Waals surface area contributed by atoms with E-state index in [1.807, 2.05) is 11.8 Å². The molecule has 5 nitrogen and oxygen atoms in total. The zero-order chi connectivity index (χ0) is 14.2. The third-order valence-electron chi connectivity index (χ3n) is 3.61. The lowest BCUT2D eigenvalue weighted by molar-refractivity contribution is 0.0582. The predicted octanol–water partition coefficient (Wildman–Crippen LogP) is 2.63. The molecule has 1 aliphatic carbocycles. The van der Waals surface area contributed by atoms with Crippen molar-refractivity contribution >= 4 is 11.9 Å². The van der Waals surface area contributed by atoms with Gasteiger partial charge in [0, 0.05) is 12.1 Å². The van der Waals surface area contributed by atoms with Gasteiger partial charge < -0.3 is 14.4 Å². The molecule has 2 rings (SSSR count). The van der Waals surface area contributed by atoms with Crippen LogP contribution in [0.1, 0.15) is 54.7 Å². The van der Waals surface area contributed by atoms with E-state index in [4.69, 9.17) is 9.52 Å². The molecule has 0 spiro atoms. The fourth-order valence-corrected chi connectivity index (χ4v) is 2.05. The number of hydrogen-bond donors (Lipinski definition) is 1. The normalized spacial score (nSPS) is 16.4. The molecule has 1 fully saturated rings. The fourth-order valence-electron chi connectivity index (χ4n) is 2.05. The SMILES string of the molecule is CC(C)C(C)N(C(=O)c1ccc(C(=O)O)o1)C1CC1. The maximum Gasteiger partial charge on any atom is 0.371 e. The summed E-state index contributed by atoms with van der Waals surface area (Å²) in [5.74, 6) is -1.11. The van der Waals surface area contributed by atoms with Crippen molar-refractivity contribution in [1.82, 2.24) is 4.90 Å². The highest BCUT2D eigenvalue weighted by molar-refractivity contribution is 5.94. The number of aromatic carboxylic acids is 1. The number of rotatable bonds is 5. The van der Waals surface area contributed by atoms with E-state index < -0.39 is 5.97 Å². The van der Waals surface area contributed by atoms with Gasteiger partial charge in [-0.3, -0.25) is 4.79 Å². The van der Waals surface area contributed by atoms with Gasteiger partial charge in [-0.05, 0) is 37.8 Å². The third-order valence-corrected chi connectivity index (χ3v) is 3.61. The average molecular weight is 265 g/mol. The molecule has 19 heavy (non-hydrogen) atoms. The molecule has 0 bridgehead atoms. The molecule has 1 unspecified atom stereocenters. The van der Waals surface area contributed by atoms with Crippen LogP contribution in [0.4, 0.5) is 0 Å². The molecule has 104 valence electrons. The minimum absolute atomic E-state index is 0.108. The highest BCUT2D eigenvalue weighted by Gasteiger charge is 2.38. The maximum absolute atomic E-state index is 12.4. The lowest BCUT2D eigenvalue weighted by Gasteiger charge is -2.31. The van der Waals surface area contributed by atoms with Gasteiger partial charge in [0.2, 0.25) is 5.76 Å². The zero-order valence-electron chi connectivity index (χ0n) is 11.4. The zero-order valence-corrected chi connectivity index (χ0v) is 11.4. The Morgan fingerprint density at radius 2 is 1.84 bits per heavy atom. The number of furan rings is 1. The summed E-state index contributed by atoms with van der Waals surface area (Å²) in [5, 5.41) is 8.82. The van der Waals surface area contributed by atoms with Crippen LogP contribution in [0, 0.1) is 5.92 Å². The molecular formula is C14H19NO4. The van der Waals surface area contributed by atoms with Gasteiger partial charge in [0.1, 0.15) is 0 Å². The Morgan fingerprint density at radius 1 is 1.26 bits per heavy atom. The van der Waals surface area contributed by atoms with Crippen LogP contribution in [-0.4, -0.2) is 34.0 Å². The number of carboxylic acid groups (broad SMARTS) is 1. The third kappa shape index (κ3) is 2.80.